The summed E-state index contributed by atoms with van der Waals surface area (Å²) in [5, 5.41) is 11.0. The molecule has 0 aliphatic carbocycles. The molecule has 0 unspecified atom stereocenters. The molecule has 1 aliphatic rings. The van der Waals surface area contributed by atoms with Gasteiger partial charge in [-0.1, -0.05) is 83.8 Å². The van der Waals surface area contributed by atoms with E-state index in [1.807, 2.05) is 30.3 Å². The zero-order chi connectivity index (χ0) is 21.0. The smallest absolute Gasteiger partial charge is 0.293 e. The van der Waals surface area contributed by atoms with Gasteiger partial charge in [-0.2, -0.15) is 0 Å². The van der Waals surface area contributed by atoms with Crippen LogP contribution in [0.15, 0.2) is 70.8 Å². The van der Waals surface area contributed by atoms with Crippen molar-refractivity contribution in [1.29, 1.82) is 0 Å². The fourth-order valence-electron chi connectivity index (χ4n) is 2.82. The lowest BCUT2D eigenvalue weighted by Gasteiger charge is -2.20. The number of amides is 1. The van der Waals surface area contributed by atoms with Crippen LogP contribution in [0.3, 0.4) is 0 Å². The molecular formula is C20H17N3O4S3. The summed E-state index contributed by atoms with van der Waals surface area (Å²) in [5.74, 6) is -0.324. The molecule has 10 heteroatoms. The standard InChI is InChI=1S/C20H17N3O4S3/c24-18(16-17(15-9-5-2-6-10-15)30(25,26)12-11-27-16)21-19-22-23-20(29-19)28-13-14-7-3-1-4-8-14/h1-10H,11-13H2,(H,21,22,24). The highest BCUT2D eigenvalue weighted by Gasteiger charge is 2.33. The van der Waals surface area contributed by atoms with Crippen molar-refractivity contribution in [2.45, 2.75) is 10.1 Å². The number of rotatable bonds is 6. The molecule has 3 aromatic rings. The average molecular weight is 460 g/mol. The van der Waals surface area contributed by atoms with Gasteiger partial charge in [0.05, 0.1) is 5.75 Å². The van der Waals surface area contributed by atoms with Gasteiger partial charge in [-0.25, -0.2) is 8.42 Å². The van der Waals surface area contributed by atoms with Crippen LogP contribution in [0.2, 0.25) is 0 Å². The Bertz CT molecular complexity index is 1180. The van der Waals surface area contributed by atoms with Gasteiger partial charge in [-0.05, 0) is 11.1 Å². The van der Waals surface area contributed by atoms with Crippen LogP contribution in [0.1, 0.15) is 11.1 Å². The summed E-state index contributed by atoms with van der Waals surface area (Å²) >= 11 is 2.73. The van der Waals surface area contributed by atoms with Crippen LogP contribution < -0.4 is 5.32 Å². The molecule has 154 valence electrons. The normalized spacial score (nSPS) is 15.5. The van der Waals surface area contributed by atoms with Gasteiger partial charge in [0.25, 0.3) is 5.91 Å². The number of benzene rings is 2. The lowest BCUT2D eigenvalue weighted by Crippen LogP contribution is -2.28. The molecule has 1 aromatic heterocycles. The van der Waals surface area contributed by atoms with Gasteiger partial charge < -0.3 is 4.74 Å². The van der Waals surface area contributed by atoms with Gasteiger partial charge in [-0.15, -0.1) is 10.2 Å². The van der Waals surface area contributed by atoms with E-state index < -0.39 is 15.7 Å². The molecule has 2 heterocycles. The fourth-order valence-corrected chi connectivity index (χ4v) is 5.96. The zero-order valence-corrected chi connectivity index (χ0v) is 18.1. The molecule has 0 fully saturated rings. The number of hydrogen-bond acceptors (Lipinski definition) is 8. The molecule has 30 heavy (non-hydrogen) atoms. The minimum atomic E-state index is -3.64. The Hall–Kier alpha value is -2.69. The summed E-state index contributed by atoms with van der Waals surface area (Å²) in [7, 11) is -3.64. The summed E-state index contributed by atoms with van der Waals surface area (Å²) in [6.45, 7) is -0.0737. The Morgan fingerprint density at radius 1 is 1.07 bits per heavy atom. The maximum absolute atomic E-state index is 12.8. The van der Waals surface area contributed by atoms with Crippen molar-refractivity contribution in [2.75, 3.05) is 17.7 Å². The molecule has 0 atom stereocenters. The first-order chi connectivity index (χ1) is 14.5. The second-order valence-corrected chi connectivity index (χ2v) is 10.5. The summed E-state index contributed by atoms with van der Waals surface area (Å²) < 4.78 is 31.4. The topological polar surface area (TPSA) is 98.3 Å². The van der Waals surface area contributed by atoms with E-state index in [4.69, 9.17) is 4.74 Å². The van der Waals surface area contributed by atoms with E-state index >= 15 is 0 Å². The van der Waals surface area contributed by atoms with Gasteiger partial charge in [0.1, 0.15) is 11.5 Å². The monoisotopic (exact) mass is 459 g/mol. The van der Waals surface area contributed by atoms with Crippen molar-refractivity contribution in [2.24, 2.45) is 0 Å². The van der Waals surface area contributed by atoms with Gasteiger partial charge in [-0.3, -0.25) is 10.1 Å². The number of sulfone groups is 1. The predicted octanol–water partition coefficient (Wildman–Crippen LogP) is 3.58. The Morgan fingerprint density at radius 2 is 1.77 bits per heavy atom. The SMILES string of the molecule is O=C(Nc1nnc(SCc2ccccc2)s1)C1=C(c2ccccc2)S(=O)(=O)CCO1. The minimum Gasteiger partial charge on any atom is -0.486 e. The van der Waals surface area contributed by atoms with Crippen molar-refractivity contribution in [3.63, 3.8) is 0 Å². The number of nitrogens with one attached hydrogen (secondary N) is 1. The second-order valence-electron chi connectivity index (χ2n) is 6.29. The van der Waals surface area contributed by atoms with Gasteiger partial charge in [0.15, 0.2) is 14.2 Å². The molecule has 0 bridgehead atoms. The van der Waals surface area contributed by atoms with Crippen LogP contribution in [0.4, 0.5) is 5.13 Å². The number of thioether (sulfide) groups is 1. The molecule has 0 saturated carbocycles. The first-order valence-corrected chi connectivity index (χ1v) is 12.5. The quantitative estimate of drug-likeness (QED) is 0.444. The van der Waals surface area contributed by atoms with Crippen molar-refractivity contribution in [3.8, 4) is 0 Å². The predicted molar refractivity (Wildman–Crippen MR) is 118 cm³/mol. The van der Waals surface area contributed by atoms with E-state index in [1.165, 1.54) is 23.1 Å². The number of anilines is 1. The lowest BCUT2D eigenvalue weighted by atomic mass is 10.2. The molecule has 0 radical (unpaired) electrons. The maximum atomic E-state index is 12.8. The zero-order valence-electron chi connectivity index (χ0n) is 15.6. The third kappa shape index (κ3) is 4.72. The van der Waals surface area contributed by atoms with Crippen molar-refractivity contribution >= 4 is 48.9 Å². The summed E-state index contributed by atoms with van der Waals surface area (Å²) in [6, 6.07) is 18.4. The summed E-state index contributed by atoms with van der Waals surface area (Å²) in [6.07, 6.45) is 0. The number of aromatic nitrogens is 2. The van der Waals surface area contributed by atoms with Crippen molar-refractivity contribution < 1.29 is 17.9 Å². The first-order valence-electron chi connectivity index (χ1n) is 9.00. The molecule has 1 aliphatic heterocycles. The molecule has 7 nitrogen and oxygen atoms in total. The molecular weight excluding hydrogens is 442 g/mol. The van der Waals surface area contributed by atoms with E-state index in [9.17, 15) is 13.2 Å². The minimum absolute atomic E-state index is 0.0737. The molecule has 1 amide bonds. The van der Waals surface area contributed by atoms with E-state index in [2.05, 4.69) is 15.5 Å². The Kier molecular flexibility index (Phi) is 6.16. The number of carbonyl (C=O) groups excluding carboxylic acids is 1. The molecule has 4 rings (SSSR count). The van der Waals surface area contributed by atoms with Crippen molar-refractivity contribution in [3.05, 3.63) is 77.5 Å². The Balaban J connectivity index is 1.52. The summed E-state index contributed by atoms with van der Waals surface area (Å²) in [4.78, 5) is 12.7. The maximum Gasteiger partial charge on any atom is 0.293 e. The van der Waals surface area contributed by atoms with E-state index in [0.29, 0.717) is 9.90 Å². The fraction of sp³-hybridized carbons (Fsp3) is 0.150. The van der Waals surface area contributed by atoms with Gasteiger partial charge >= 0.3 is 0 Å². The van der Waals surface area contributed by atoms with E-state index in [1.54, 1.807) is 30.3 Å². The van der Waals surface area contributed by atoms with Crippen LogP contribution in [-0.4, -0.2) is 36.9 Å². The first kappa shape index (κ1) is 20.6. The van der Waals surface area contributed by atoms with E-state index in [0.717, 1.165) is 11.3 Å². The van der Waals surface area contributed by atoms with Crippen LogP contribution >= 0.6 is 23.1 Å². The third-order valence-corrected chi connectivity index (χ3v) is 7.98. The second kappa shape index (κ2) is 8.99. The number of hydrogen-bond donors (Lipinski definition) is 1. The Labute approximate surface area is 182 Å². The highest BCUT2D eigenvalue weighted by Crippen LogP contribution is 2.32. The Morgan fingerprint density at radius 3 is 2.50 bits per heavy atom. The highest BCUT2D eigenvalue weighted by molar-refractivity contribution is 8.00. The highest BCUT2D eigenvalue weighted by atomic mass is 32.2. The molecule has 0 saturated heterocycles. The third-order valence-electron chi connectivity index (χ3n) is 4.19. The average Bonchev–Trinajstić information content (AvgIpc) is 3.20. The largest absolute Gasteiger partial charge is 0.486 e. The van der Waals surface area contributed by atoms with Crippen LogP contribution in [-0.2, 0) is 25.1 Å². The molecule has 2 aromatic carbocycles. The van der Waals surface area contributed by atoms with Crippen LogP contribution in [0, 0.1) is 0 Å². The number of ether oxygens (including phenoxy) is 1. The summed E-state index contributed by atoms with van der Waals surface area (Å²) in [5.41, 5.74) is 1.57. The van der Waals surface area contributed by atoms with Crippen molar-refractivity contribution in [1.82, 2.24) is 10.2 Å². The van der Waals surface area contributed by atoms with Crippen LogP contribution in [0.5, 0.6) is 0 Å². The number of nitrogens with zero attached hydrogens (tertiary/aromatic N) is 2. The van der Waals surface area contributed by atoms with E-state index in [-0.39, 0.29) is 28.2 Å². The number of carbonyl (C=O) groups is 1. The molecule has 1 N–H and O–H groups in total. The van der Waals surface area contributed by atoms with Gasteiger partial charge in [0, 0.05) is 5.75 Å². The van der Waals surface area contributed by atoms with Gasteiger partial charge in [0.2, 0.25) is 10.9 Å². The van der Waals surface area contributed by atoms with Crippen LogP contribution in [0.25, 0.3) is 4.91 Å². The molecule has 0 spiro atoms. The lowest BCUT2D eigenvalue weighted by molar-refractivity contribution is -0.115.